The van der Waals surface area contributed by atoms with Crippen LogP contribution in [0.2, 0.25) is 0 Å². The van der Waals surface area contributed by atoms with Gasteiger partial charge in [-0.05, 0) is 58.5 Å². The molecule has 2 heterocycles. The summed E-state index contributed by atoms with van der Waals surface area (Å²) in [6, 6.07) is -1.28. The first-order valence-electron chi connectivity index (χ1n) is 9.56. The van der Waals surface area contributed by atoms with E-state index >= 15 is 0 Å². The second kappa shape index (κ2) is 8.65. The van der Waals surface area contributed by atoms with Gasteiger partial charge in [-0.15, -0.1) is 0 Å². The number of primary amides is 1. The van der Waals surface area contributed by atoms with E-state index in [1.807, 2.05) is 13.8 Å². The highest BCUT2D eigenvalue weighted by atomic mass is 16.2. The maximum absolute atomic E-state index is 13.0. The number of nitrogens with zero attached hydrogens (tertiary/aromatic N) is 2. The molecule has 3 N–H and O–H groups in total. The third-order valence-corrected chi connectivity index (χ3v) is 5.57. The summed E-state index contributed by atoms with van der Waals surface area (Å²) in [4.78, 5) is 41.0. The average molecular weight is 352 g/mol. The summed E-state index contributed by atoms with van der Waals surface area (Å²) >= 11 is 0. The van der Waals surface area contributed by atoms with Crippen molar-refractivity contribution in [2.45, 2.75) is 83.5 Å². The maximum atomic E-state index is 13.0. The molecule has 7 nitrogen and oxygen atoms in total. The molecule has 0 spiro atoms. The second-order valence-electron chi connectivity index (χ2n) is 7.19. The smallest absolute Gasteiger partial charge is 0.246 e. The van der Waals surface area contributed by atoms with Crippen molar-refractivity contribution in [3.8, 4) is 0 Å². The van der Waals surface area contributed by atoms with Gasteiger partial charge in [0.25, 0.3) is 0 Å². The summed E-state index contributed by atoms with van der Waals surface area (Å²) in [5.74, 6) is -0.721. The zero-order valence-corrected chi connectivity index (χ0v) is 15.7. The van der Waals surface area contributed by atoms with Crippen molar-refractivity contribution < 1.29 is 14.4 Å². The summed E-state index contributed by atoms with van der Waals surface area (Å²) in [6.07, 6.45) is 4.78. The minimum Gasteiger partial charge on any atom is -0.368 e. The molecule has 2 rings (SSSR count). The van der Waals surface area contributed by atoms with Crippen LogP contribution in [0.25, 0.3) is 0 Å². The number of carbonyl (C=O) groups excluding carboxylic acids is 3. The zero-order chi connectivity index (χ0) is 18.6. The van der Waals surface area contributed by atoms with Crippen molar-refractivity contribution >= 4 is 17.7 Å². The Balaban J connectivity index is 2.07. The Bertz CT molecular complexity index is 511. The SMILES string of the molecule is CCCN(CC)[C@@H](C)C(=O)N[C@H]1CCC[C@H]2CC[C@@H](C(N)=O)N2C1=O. The molecule has 0 bridgehead atoms. The minimum atomic E-state index is -0.555. The van der Waals surface area contributed by atoms with Crippen molar-refractivity contribution in [3.05, 3.63) is 0 Å². The minimum absolute atomic E-state index is 0.0801. The molecule has 0 aromatic heterocycles. The highest BCUT2D eigenvalue weighted by molar-refractivity contribution is 5.93. The lowest BCUT2D eigenvalue weighted by atomic mass is 10.1. The highest BCUT2D eigenvalue weighted by Crippen LogP contribution is 2.31. The summed E-state index contributed by atoms with van der Waals surface area (Å²) in [7, 11) is 0. The van der Waals surface area contributed by atoms with Gasteiger partial charge in [0.05, 0.1) is 6.04 Å². The number of nitrogens with one attached hydrogen (secondary N) is 1. The number of nitrogens with two attached hydrogens (primary N) is 1. The van der Waals surface area contributed by atoms with Crippen LogP contribution in [0.1, 0.15) is 59.3 Å². The van der Waals surface area contributed by atoms with Crippen LogP contribution in [0.3, 0.4) is 0 Å². The van der Waals surface area contributed by atoms with Gasteiger partial charge in [0.2, 0.25) is 17.7 Å². The lowest BCUT2D eigenvalue weighted by Gasteiger charge is -2.31. The predicted octanol–water partition coefficient (Wildman–Crippen LogP) is 0.620. The Morgan fingerprint density at radius 2 is 2.00 bits per heavy atom. The number of rotatable bonds is 7. The largest absolute Gasteiger partial charge is 0.368 e. The molecular formula is C18H32N4O3. The molecule has 0 aromatic carbocycles. The topological polar surface area (TPSA) is 95.7 Å². The van der Waals surface area contributed by atoms with Crippen molar-refractivity contribution in [1.82, 2.24) is 15.1 Å². The van der Waals surface area contributed by atoms with Crippen LogP contribution in [-0.4, -0.2) is 64.8 Å². The Labute approximate surface area is 150 Å². The van der Waals surface area contributed by atoms with E-state index in [9.17, 15) is 14.4 Å². The first-order chi connectivity index (χ1) is 11.9. The van der Waals surface area contributed by atoms with Gasteiger partial charge >= 0.3 is 0 Å². The molecular weight excluding hydrogens is 320 g/mol. The van der Waals surface area contributed by atoms with E-state index in [1.54, 1.807) is 4.90 Å². The lowest BCUT2D eigenvalue weighted by molar-refractivity contribution is -0.142. The van der Waals surface area contributed by atoms with Gasteiger partial charge in [-0.1, -0.05) is 13.8 Å². The van der Waals surface area contributed by atoms with E-state index in [4.69, 9.17) is 5.73 Å². The lowest BCUT2D eigenvalue weighted by Crippen LogP contribution is -2.56. The maximum Gasteiger partial charge on any atom is 0.246 e. The first kappa shape index (κ1) is 19.7. The molecule has 0 unspecified atom stereocenters. The molecule has 2 aliphatic heterocycles. The van der Waals surface area contributed by atoms with Crippen LogP contribution < -0.4 is 11.1 Å². The Hall–Kier alpha value is -1.63. The van der Waals surface area contributed by atoms with Gasteiger partial charge in [0, 0.05) is 6.04 Å². The quantitative estimate of drug-likeness (QED) is 0.702. The molecule has 2 fully saturated rings. The number of fused-ring (bicyclic) bond motifs is 1. The standard InChI is InChI=1S/C18H32N4O3/c1-4-11-21(5-2)12(3)17(24)20-14-8-6-7-13-9-10-15(16(19)23)22(13)18(14)25/h12-15H,4-11H2,1-3H3,(H2,19,23)(H,20,24)/t12-,13-,14-,15-/m0/s1. The van der Waals surface area contributed by atoms with Crippen LogP contribution >= 0.6 is 0 Å². The van der Waals surface area contributed by atoms with Crippen LogP contribution in [0.5, 0.6) is 0 Å². The van der Waals surface area contributed by atoms with Gasteiger partial charge in [0.15, 0.2) is 0 Å². The van der Waals surface area contributed by atoms with E-state index in [1.165, 1.54) is 0 Å². The third kappa shape index (κ3) is 4.32. The molecule has 2 saturated heterocycles. The fourth-order valence-electron chi connectivity index (χ4n) is 4.15. The molecule has 7 heteroatoms. The Morgan fingerprint density at radius 1 is 1.28 bits per heavy atom. The zero-order valence-electron chi connectivity index (χ0n) is 15.7. The van der Waals surface area contributed by atoms with Crippen molar-refractivity contribution in [2.75, 3.05) is 13.1 Å². The van der Waals surface area contributed by atoms with Crippen LogP contribution in [0.4, 0.5) is 0 Å². The summed E-state index contributed by atoms with van der Waals surface area (Å²) in [5.41, 5.74) is 5.48. The molecule has 142 valence electrons. The molecule has 2 aliphatic rings. The molecule has 0 aromatic rings. The Kier molecular flexibility index (Phi) is 6.81. The molecule has 0 aliphatic carbocycles. The summed E-state index contributed by atoms with van der Waals surface area (Å²) in [5, 5.41) is 2.93. The van der Waals surface area contributed by atoms with Gasteiger partial charge in [-0.3, -0.25) is 19.3 Å². The van der Waals surface area contributed by atoms with Crippen molar-refractivity contribution in [2.24, 2.45) is 5.73 Å². The van der Waals surface area contributed by atoms with E-state index < -0.39 is 18.0 Å². The number of hydrogen-bond donors (Lipinski definition) is 2. The fourth-order valence-corrected chi connectivity index (χ4v) is 4.15. The third-order valence-electron chi connectivity index (χ3n) is 5.57. The molecule has 3 amide bonds. The van der Waals surface area contributed by atoms with Gasteiger partial charge in [0.1, 0.15) is 12.1 Å². The number of amides is 3. The Morgan fingerprint density at radius 3 is 2.60 bits per heavy atom. The normalized spacial score (nSPS) is 27.8. The molecule has 0 saturated carbocycles. The molecule has 4 atom stereocenters. The highest BCUT2D eigenvalue weighted by Gasteiger charge is 2.44. The van der Waals surface area contributed by atoms with Gasteiger partial charge < -0.3 is 16.0 Å². The molecule has 25 heavy (non-hydrogen) atoms. The van der Waals surface area contributed by atoms with Crippen molar-refractivity contribution in [1.29, 1.82) is 0 Å². The fraction of sp³-hybridized carbons (Fsp3) is 0.833. The molecule has 0 radical (unpaired) electrons. The number of carbonyl (C=O) groups is 3. The van der Waals surface area contributed by atoms with E-state index in [2.05, 4.69) is 17.1 Å². The van der Waals surface area contributed by atoms with Crippen LogP contribution in [0, 0.1) is 0 Å². The van der Waals surface area contributed by atoms with E-state index in [-0.39, 0.29) is 23.9 Å². The van der Waals surface area contributed by atoms with E-state index in [0.29, 0.717) is 12.8 Å². The average Bonchev–Trinajstić information content (AvgIpc) is 2.95. The second-order valence-corrected chi connectivity index (χ2v) is 7.19. The predicted molar refractivity (Wildman–Crippen MR) is 95.6 cm³/mol. The number of likely N-dealkylation sites (N-methyl/N-ethyl adjacent to an activating group) is 1. The summed E-state index contributed by atoms with van der Waals surface area (Å²) in [6.45, 7) is 7.63. The van der Waals surface area contributed by atoms with Crippen LogP contribution in [0.15, 0.2) is 0 Å². The van der Waals surface area contributed by atoms with Crippen LogP contribution in [-0.2, 0) is 14.4 Å². The first-order valence-corrected chi connectivity index (χ1v) is 9.56. The van der Waals surface area contributed by atoms with E-state index in [0.717, 1.165) is 38.8 Å². The van der Waals surface area contributed by atoms with Gasteiger partial charge in [-0.25, -0.2) is 0 Å². The monoisotopic (exact) mass is 352 g/mol. The number of hydrogen-bond acceptors (Lipinski definition) is 4. The van der Waals surface area contributed by atoms with Crippen molar-refractivity contribution in [3.63, 3.8) is 0 Å². The summed E-state index contributed by atoms with van der Waals surface area (Å²) < 4.78 is 0. The van der Waals surface area contributed by atoms with Gasteiger partial charge in [-0.2, -0.15) is 0 Å².